The quantitative estimate of drug-likeness (QED) is 0.469. The standard InChI is InChI=1S/C11H23OS.C10H16O4S/c1-6-7-8-10(12)9-13(5)11(2,3)4;1-9(2)6-4-5-10(9,3)8(11)7(6)15(12,13)14/h6-9H2,1-5H3;6-7H,4-5H2,1-3H3,(H,12,13,14)/q+1;/p-1. The number of ketones is 2. The summed E-state index contributed by atoms with van der Waals surface area (Å²) >= 11 is 0. The van der Waals surface area contributed by atoms with E-state index in [4.69, 9.17) is 0 Å². The number of hydrogen-bond acceptors (Lipinski definition) is 5. The lowest BCUT2D eigenvalue weighted by Crippen LogP contribution is -2.38. The van der Waals surface area contributed by atoms with Crippen molar-refractivity contribution in [2.24, 2.45) is 16.7 Å². The Morgan fingerprint density at radius 3 is 2.11 bits per heavy atom. The third kappa shape index (κ3) is 5.20. The fourth-order valence-corrected chi connectivity index (χ4v) is 6.70. The van der Waals surface area contributed by atoms with Gasteiger partial charge in [0.2, 0.25) is 0 Å². The highest BCUT2D eigenvalue weighted by atomic mass is 32.2. The summed E-state index contributed by atoms with van der Waals surface area (Å²) in [6, 6.07) is 0. The number of carbonyl (C=O) groups excluding carboxylic acids is 2. The topological polar surface area (TPSA) is 91.3 Å². The molecule has 164 valence electrons. The summed E-state index contributed by atoms with van der Waals surface area (Å²) in [6.07, 6.45) is 6.53. The number of rotatable bonds is 6. The van der Waals surface area contributed by atoms with E-state index in [0.717, 1.165) is 25.0 Å². The maximum atomic E-state index is 12.0. The number of hydrogen-bond donors (Lipinski definition) is 0. The maximum Gasteiger partial charge on any atom is 0.181 e. The summed E-state index contributed by atoms with van der Waals surface area (Å²) in [4.78, 5) is 23.4. The molecule has 2 aliphatic rings. The van der Waals surface area contributed by atoms with Gasteiger partial charge in [0, 0.05) is 11.8 Å². The smallest absolute Gasteiger partial charge is 0.181 e. The number of unbranched alkanes of at least 4 members (excludes halogenated alkanes) is 1. The number of Topliss-reactive ketones (excluding diaryl/α,β-unsaturated/α-hetero) is 2. The van der Waals surface area contributed by atoms with Crippen LogP contribution in [0.3, 0.4) is 0 Å². The Labute approximate surface area is 174 Å². The Kier molecular flexibility index (Phi) is 8.02. The van der Waals surface area contributed by atoms with Crippen LogP contribution in [0.2, 0.25) is 0 Å². The van der Waals surface area contributed by atoms with E-state index in [9.17, 15) is 22.6 Å². The van der Waals surface area contributed by atoms with Crippen LogP contribution in [-0.4, -0.2) is 46.5 Å². The van der Waals surface area contributed by atoms with Crippen LogP contribution in [0.15, 0.2) is 0 Å². The molecular formula is C21H38O5S2. The Bertz CT molecular complexity index is 690. The van der Waals surface area contributed by atoms with E-state index in [0.29, 0.717) is 23.4 Å². The monoisotopic (exact) mass is 434 g/mol. The summed E-state index contributed by atoms with van der Waals surface area (Å²) in [5.41, 5.74) is -0.994. The third-order valence-electron chi connectivity index (χ3n) is 7.02. The molecule has 0 radical (unpaired) electrons. The van der Waals surface area contributed by atoms with Gasteiger partial charge in [-0.15, -0.1) is 0 Å². The van der Waals surface area contributed by atoms with E-state index < -0.39 is 20.8 Å². The lowest BCUT2D eigenvalue weighted by atomic mass is 9.70. The van der Waals surface area contributed by atoms with Crippen LogP contribution in [0.25, 0.3) is 0 Å². The summed E-state index contributed by atoms with van der Waals surface area (Å²) in [7, 11) is -4.26. The minimum Gasteiger partial charge on any atom is -0.747 e. The van der Waals surface area contributed by atoms with Gasteiger partial charge in [0.15, 0.2) is 17.3 Å². The molecule has 2 saturated carbocycles. The van der Waals surface area contributed by atoms with Gasteiger partial charge in [-0.3, -0.25) is 9.59 Å². The van der Waals surface area contributed by atoms with Gasteiger partial charge in [-0.25, -0.2) is 8.42 Å². The van der Waals surface area contributed by atoms with E-state index in [1.807, 2.05) is 13.8 Å². The van der Waals surface area contributed by atoms with Crippen LogP contribution >= 0.6 is 0 Å². The van der Waals surface area contributed by atoms with E-state index in [-0.39, 0.29) is 28.0 Å². The molecular weight excluding hydrogens is 396 g/mol. The lowest BCUT2D eigenvalue weighted by Gasteiger charge is -2.32. The van der Waals surface area contributed by atoms with Crippen molar-refractivity contribution in [3.05, 3.63) is 0 Å². The zero-order valence-electron chi connectivity index (χ0n) is 18.8. The van der Waals surface area contributed by atoms with Gasteiger partial charge in [-0.1, -0.05) is 34.1 Å². The predicted molar refractivity (Wildman–Crippen MR) is 116 cm³/mol. The summed E-state index contributed by atoms with van der Waals surface area (Å²) in [5, 5.41) is -1.30. The summed E-state index contributed by atoms with van der Waals surface area (Å²) in [5.74, 6) is 0.572. The summed E-state index contributed by atoms with van der Waals surface area (Å²) in [6.45, 7) is 14.3. The zero-order valence-corrected chi connectivity index (χ0v) is 20.4. The molecule has 2 aliphatic carbocycles. The minimum absolute atomic E-state index is 0.230. The van der Waals surface area contributed by atoms with Crippen molar-refractivity contribution in [2.45, 2.75) is 90.6 Å². The molecule has 0 spiro atoms. The molecule has 28 heavy (non-hydrogen) atoms. The first-order valence-corrected chi connectivity index (χ1v) is 13.4. The molecule has 0 heterocycles. The Balaban J connectivity index is 0.000000284. The molecule has 2 rings (SSSR count). The van der Waals surface area contributed by atoms with Gasteiger partial charge in [-0.05, 0) is 62.3 Å². The van der Waals surface area contributed by atoms with Crippen LogP contribution in [0, 0.1) is 16.7 Å². The molecule has 7 heteroatoms. The molecule has 2 bridgehead atoms. The molecule has 0 aromatic heterocycles. The molecule has 0 amide bonds. The Morgan fingerprint density at radius 2 is 1.79 bits per heavy atom. The molecule has 2 fully saturated rings. The highest BCUT2D eigenvalue weighted by molar-refractivity contribution is 7.98. The van der Waals surface area contributed by atoms with Crippen LogP contribution in [0.4, 0.5) is 0 Å². The fourth-order valence-electron chi connectivity index (χ4n) is 4.24. The van der Waals surface area contributed by atoms with E-state index in [2.05, 4.69) is 34.0 Å². The lowest BCUT2D eigenvalue weighted by molar-refractivity contribution is -0.128. The predicted octanol–water partition coefficient (Wildman–Crippen LogP) is 3.72. The van der Waals surface area contributed by atoms with Gasteiger partial charge < -0.3 is 4.55 Å². The minimum atomic E-state index is -4.49. The van der Waals surface area contributed by atoms with Crippen LogP contribution in [0.5, 0.6) is 0 Å². The van der Waals surface area contributed by atoms with Crippen molar-refractivity contribution in [2.75, 3.05) is 12.0 Å². The second kappa shape index (κ2) is 8.76. The highest BCUT2D eigenvalue weighted by Gasteiger charge is 2.67. The average Bonchev–Trinajstić information content (AvgIpc) is 2.83. The van der Waals surface area contributed by atoms with Crippen molar-refractivity contribution in [1.29, 1.82) is 0 Å². The largest absolute Gasteiger partial charge is 0.747 e. The molecule has 0 saturated heterocycles. The second-order valence-corrected chi connectivity index (χ2v) is 14.3. The van der Waals surface area contributed by atoms with Gasteiger partial charge in [0.05, 0.1) is 6.26 Å². The fraction of sp³-hybridized carbons (Fsp3) is 0.905. The molecule has 0 aromatic rings. The van der Waals surface area contributed by atoms with Crippen LogP contribution in [-0.2, 0) is 30.6 Å². The van der Waals surface area contributed by atoms with Crippen LogP contribution < -0.4 is 0 Å². The first-order chi connectivity index (χ1) is 12.5. The maximum absolute atomic E-state index is 12.0. The van der Waals surface area contributed by atoms with Gasteiger partial charge >= 0.3 is 0 Å². The molecule has 0 aromatic carbocycles. The number of carbonyl (C=O) groups is 2. The molecule has 0 N–H and O–H groups in total. The first kappa shape index (κ1) is 25.6. The molecule has 4 unspecified atom stereocenters. The Morgan fingerprint density at radius 1 is 1.25 bits per heavy atom. The van der Waals surface area contributed by atoms with E-state index in [1.54, 1.807) is 6.92 Å². The van der Waals surface area contributed by atoms with E-state index in [1.165, 1.54) is 0 Å². The van der Waals surface area contributed by atoms with Crippen molar-refractivity contribution >= 4 is 32.6 Å². The highest BCUT2D eigenvalue weighted by Crippen LogP contribution is 2.64. The summed E-state index contributed by atoms with van der Waals surface area (Å²) < 4.78 is 33.6. The SMILES string of the molecule is CC12CCC(C(S(=O)(=O)[O-])C1=O)C2(C)C.CCCCC(=O)C[S+](C)C(C)(C)C. The molecule has 4 atom stereocenters. The van der Waals surface area contributed by atoms with Crippen LogP contribution in [0.1, 0.15) is 80.6 Å². The Hall–Kier alpha value is -0.400. The average molecular weight is 435 g/mol. The normalized spacial score (nSPS) is 30.0. The third-order valence-corrected chi connectivity index (χ3v) is 11.0. The van der Waals surface area contributed by atoms with Gasteiger partial charge in [0.25, 0.3) is 0 Å². The van der Waals surface area contributed by atoms with E-state index >= 15 is 0 Å². The molecule has 5 nitrogen and oxygen atoms in total. The van der Waals surface area contributed by atoms with Crippen molar-refractivity contribution in [3.8, 4) is 0 Å². The van der Waals surface area contributed by atoms with Crippen molar-refractivity contribution < 1.29 is 22.6 Å². The van der Waals surface area contributed by atoms with Crippen molar-refractivity contribution in [3.63, 3.8) is 0 Å². The molecule has 0 aliphatic heterocycles. The van der Waals surface area contributed by atoms with Gasteiger partial charge in [0.1, 0.15) is 20.1 Å². The van der Waals surface area contributed by atoms with Crippen molar-refractivity contribution in [1.82, 2.24) is 0 Å². The zero-order chi connectivity index (χ0) is 22.1. The second-order valence-electron chi connectivity index (χ2n) is 10.0. The van der Waals surface area contributed by atoms with Gasteiger partial charge in [-0.2, -0.15) is 0 Å². The first-order valence-electron chi connectivity index (χ1n) is 10.1. The number of fused-ring (bicyclic) bond motifs is 2.